The summed E-state index contributed by atoms with van der Waals surface area (Å²) in [5, 5.41) is 2.88. The van der Waals surface area contributed by atoms with Gasteiger partial charge in [-0.25, -0.2) is 0 Å². The lowest BCUT2D eigenvalue weighted by Crippen LogP contribution is -2.47. The van der Waals surface area contributed by atoms with E-state index in [9.17, 15) is 9.59 Å². The first-order chi connectivity index (χ1) is 13.4. The molecule has 2 aromatic rings. The highest BCUT2D eigenvalue weighted by Crippen LogP contribution is 2.21. The van der Waals surface area contributed by atoms with Gasteiger partial charge in [-0.3, -0.25) is 9.59 Å². The Kier molecular flexibility index (Phi) is 6.31. The van der Waals surface area contributed by atoms with Gasteiger partial charge in [0.25, 0.3) is 11.8 Å². The molecule has 148 valence electrons. The highest BCUT2D eigenvalue weighted by Gasteiger charge is 2.23. The zero-order chi connectivity index (χ0) is 20.1. The van der Waals surface area contributed by atoms with E-state index in [0.29, 0.717) is 35.7 Å². The van der Waals surface area contributed by atoms with Crippen LogP contribution in [-0.4, -0.2) is 60.9 Å². The molecule has 1 fully saturated rings. The Morgan fingerprint density at radius 1 is 1.00 bits per heavy atom. The lowest BCUT2D eigenvalue weighted by atomic mass is 10.1. The third-order valence-electron chi connectivity index (χ3n) is 4.66. The number of anilines is 1. The zero-order valence-corrected chi connectivity index (χ0v) is 16.6. The first-order valence-electron chi connectivity index (χ1n) is 9.59. The zero-order valence-electron chi connectivity index (χ0n) is 16.6. The predicted molar refractivity (Wildman–Crippen MR) is 110 cm³/mol. The highest BCUT2D eigenvalue weighted by atomic mass is 16.5. The fourth-order valence-corrected chi connectivity index (χ4v) is 3.14. The topological polar surface area (TPSA) is 61.9 Å². The minimum absolute atomic E-state index is 0.0280. The van der Waals surface area contributed by atoms with Crippen LogP contribution in [0.15, 0.2) is 48.5 Å². The fourth-order valence-electron chi connectivity index (χ4n) is 3.14. The summed E-state index contributed by atoms with van der Waals surface area (Å²) in [5.74, 6) is 0.318. The van der Waals surface area contributed by atoms with Crippen LogP contribution >= 0.6 is 0 Å². The summed E-state index contributed by atoms with van der Waals surface area (Å²) >= 11 is 0. The number of benzene rings is 2. The summed E-state index contributed by atoms with van der Waals surface area (Å²) in [7, 11) is 2.05. The second-order valence-corrected chi connectivity index (χ2v) is 7.29. The standard InChI is InChI=1S/C22H27N3O3/c1-16(2)28-18-8-6-7-17(15-18)21(26)23-20-10-5-4-9-19(20)22(27)25-13-11-24(3)12-14-25/h4-10,15-16H,11-14H2,1-3H3,(H,23,26). The molecule has 2 amide bonds. The van der Waals surface area contributed by atoms with Crippen molar-refractivity contribution in [1.29, 1.82) is 0 Å². The van der Waals surface area contributed by atoms with Crippen LogP contribution in [0.5, 0.6) is 5.75 Å². The molecule has 0 spiro atoms. The number of amides is 2. The number of rotatable bonds is 5. The number of ether oxygens (including phenoxy) is 1. The molecule has 0 radical (unpaired) electrons. The average Bonchev–Trinajstić information content (AvgIpc) is 2.68. The van der Waals surface area contributed by atoms with Crippen molar-refractivity contribution in [2.45, 2.75) is 20.0 Å². The van der Waals surface area contributed by atoms with Crippen molar-refractivity contribution in [3.63, 3.8) is 0 Å². The SMILES string of the molecule is CC(C)Oc1cccc(C(=O)Nc2ccccc2C(=O)N2CCN(C)CC2)c1. The summed E-state index contributed by atoms with van der Waals surface area (Å²) in [6.07, 6.45) is 0.0280. The van der Waals surface area contributed by atoms with Gasteiger partial charge in [-0.2, -0.15) is 0 Å². The maximum atomic E-state index is 13.0. The lowest BCUT2D eigenvalue weighted by Gasteiger charge is -2.32. The molecule has 1 aliphatic rings. The number of piperazine rings is 1. The van der Waals surface area contributed by atoms with Gasteiger partial charge in [0.2, 0.25) is 0 Å². The number of para-hydroxylation sites is 1. The minimum atomic E-state index is -0.271. The van der Waals surface area contributed by atoms with Gasteiger partial charge in [0.15, 0.2) is 0 Å². The quantitative estimate of drug-likeness (QED) is 0.864. The molecule has 0 aliphatic carbocycles. The van der Waals surface area contributed by atoms with Crippen molar-refractivity contribution >= 4 is 17.5 Å². The van der Waals surface area contributed by atoms with Crippen molar-refractivity contribution in [3.8, 4) is 5.75 Å². The molecular formula is C22H27N3O3. The van der Waals surface area contributed by atoms with Gasteiger partial charge in [-0.15, -0.1) is 0 Å². The maximum absolute atomic E-state index is 13.0. The van der Waals surface area contributed by atoms with Crippen LogP contribution < -0.4 is 10.1 Å². The third kappa shape index (κ3) is 4.89. The Morgan fingerprint density at radius 2 is 1.71 bits per heavy atom. The molecule has 6 nitrogen and oxygen atoms in total. The molecule has 1 heterocycles. The summed E-state index contributed by atoms with van der Waals surface area (Å²) in [5.41, 5.74) is 1.52. The van der Waals surface area contributed by atoms with E-state index in [0.717, 1.165) is 13.1 Å². The van der Waals surface area contributed by atoms with Gasteiger partial charge in [-0.05, 0) is 51.2 Å². The van der Waals surface area contributed by atoms with Crippen LogP contribution in [0.2, 0.25) is 0 Å². The Bertz CT molecular complexity index is 842. The average molecular weight is 381 g/mol. The van der Waals surface area contributed by atoms with Crippen molar-refractivity contribution in [3.05, 3.63) is 59.7 Å². The fraction of sp³-hybridized carbons (Fsp3) is 0.364. The van der Waals surface area contributed by atoms with Crippen molar-refractivity contribution in [2.75, 3.05) is 38.5 Å². The number of likely N-dealkylation sites (N-methyl/N-ethyl adjacent to an activating group) is 1. The van der Waals surface area contributed by atoms with Crippen LogP contribution in [0.3, 0.4) is 0 Å². The Balaban J connectivity index is 1.76. The van der Waals surface area contributed by atoms with E-state index in [-0.39, 0.29) is 17.9 Å². The molecular weight excluding hydrogens is 354 g/mol. The second-order valence-electron chi connectivity index (χ2n) is 7.29. The van der Waals surface area contributed by atoms with E-state index in [1.54, 1.807) is 30.3 Å². The van der Waals surface area contributed by atoms with Crippen molar-refractivity contribution in [2.24, 2.45) is 0 Å². The number of hydrogen-bond acceptors (Lipinski definition) is 4. The molecule has 6 heteroatoms. The third-order valence-corrected chi connectivity index (χ3v) is 4.66. The molecule has 0 bridgehead atoms. The van der Waals surface area contributed by atoms with E-state index in [4.69, 9.17) is 4.74 Å². The van der Waals surface area contributed by atoms with Gasteiger partial charge >= 0.3 is 0 Å². The van der Waals surface area contributed by atoms with Gasteiger partial charge in [-0.1, -0.05) is 18.2 Å². The van der Waals surface area contributed by atoms with Crippen LogP contribution in [0.4, 0.5) is 5.69 Å². The molecule has 1 N–H and O–H groups in total. The smallest absolute Gasteiger partial charge is 0.256 e. The molecule has 1 aliphatic heterocycles. The summed E-state index contributed by atoms with van der Waals surface area (Å²) in [6, 6.07) is 14.2. The summed E-state index contributed by atoms with van der Waals surface area (Å²) in [4.78, 5) is 29.7. The van der Waals surface area contributed by atoms with Gasteiger partial charge in [0.1, 0.15) is 5.75 Å². The van der Waals surface area contributed by atoms with E-state index in [2.05, 4.69) is 10.2 Å². The monoisotopic (exact) mass is 381 g/mol. The molecule has 2 aromatic carbocycles. The van der Waals surface area contributed by atoms with Crippen molar-refractivity contribution < 1.29 is 14.3 Å². The second kappa shape index (κ2) is 8.89. The first-order valence-corrected chi connectivity index (χ1v) is 9.59. The molecule has 0 saturated carbocycles. The Morgan fingerprint density at radius 3 is 2.43 bits per heavy atom. The lowest BCUT2D eigenvalue weighted by molar-refractivity contribution is 0.0665. The van der Waals surface area contributed by atoms with Gasteiger partial charge in [0, 0.05) is 31.7 Å². The predicted octanol–water partition coefficient (Wildman–Crippen LogP) is 3.11. The maximum Gasteiger partial charge on any atom is 0.256 e. The molecule has 0 aromatic heterocycles. The van der Waals surface area contributed by atoms with Crippen LogP contribution in [0.1, 0.15) is 34.6 Å². The Hall–Kier alpha value is -2.86. The van der Waals surface area contributed by atoms with E-state index >= 15 is 0 Å². The first kappa shape index (κ1) is 19.9. The molecule has 0 unspecified atom stereocenters. The highest BCUT2D eigenvalue weighted by molar-refractivity contribution is 6.09. The molecule has 28 heavy (non-hydrogen) atoms. The number of carbonyl (C=O) groups is 2. The van der Waals surface area contributed by atoms with E-state index in [1.165, 1.54) is 0 Å². The van der Waals surface area contributed by atoms with Crippen LogP contribution in [-0.2, 0) is 0 Å². The molecule has 3 rings (SSSR count). The van der Waals surface area contributed by atoms with Gasteiger partial charge < -0.3 is 19.9 Å². The van der Waals surface area contributed by atoms with Crippen LogP contribution in [0.25, 0.3) is 0 Å². The van der Waals surface area contributed by atoms with E-state index < -0.39 is 0 Å². The molecule has 0 atom stereocenters. The van der Waals surface area contributed by atoms with Crippen LogP contribution in [0, 0.1) is 0 Å². The number of carbonyl (C=O) groups excluding carboxylic acids is 2. The normalized spacial score (nSPS) is 14.8. The summed E-state index contributed by atoms with van der Waals surface area (Å²) in [6.45, 7) is 6.95. The van der Waals surface area contributed by atoms with Gasteiger partial charge in [0.05, 0.1) is 17.4 Å². The number of hydrogen-bond donors (Lipinski definition) is 1. The molecule has 1 saturated heterocycles. The number of nitrogens with zero attached hydrogens (tertiary/aromatic N) is 2. The summed E-state index contributed by atoms with van der Waals surface area (Å²) < 4.78 is 5.66. The Labute approximate surface area is 166 Å². The van der Waals surface area contributed by atoms with E-state index in [1.807, 2.05) is 44.0 Å². The van der Waals surface area contributed by atoms with Crippen molar-refractivity contribution in [1.82, 2.24) is 9.80 Å². The minimum Gasteiger partial charge on any atom is -0.491 e. The largest absolute Gasteiger partial charge is 0.491 e. The number of nitrogens with one attached hydrogen (secondary N) is 1.